The Morgan fingerprint density at radius 1 is 0.970 bits per heavy atom. The van der Waals surface area contributed by atoms with Gasteiger partial charge < -0.3 is 25.2 Å². The van der Waals surface area contributed by atoms with E-state index >= 15 is 0 Å². The van der Waals surface area contributed by atoms with Gasteiger partial charge in [0.25, 0.3) is 0 Å². The number of aliphatic hydroxyl groups excluding tert-OH is 4. The number of benzene rings is 2. The molecule has 0 saturated carbocycles. The molecule has 0 spiro atoms. The standard InChI is InChI=1S/C23H23F4NO5/c1-22(24,23(25,26)27)16-6-2-12(3-7-16)8-15-9-13(4-5-14(15)10-28)21-20(32)19(31)18(30)17(11-29)33-21/h2-7,9,17-21,29-32H,8,11H2,1H3/t17-,18-,19+,20-,21+,22?/m1/s1. The van der Waals surface area contributed by atoms with Crippen molar-refractivity contribution < 1.29 is 42.7 Å². The van der Waals surface area contributed by atoms with Crippen molar-refractivity contribution >= 4 is 0 Å². The van der Waals surface area contributed by atoms with Crippen molar-refractivity contribution in [3.63, 3.8) is 0 Å². The van der Waals surface area contributed by atoms with Gasteiger partial charge in [0.15, 0.2) is 0 Å². The second-order valence-corrected chi connectivity index (χ2v) is 8.15. The Morgan fingerprint density at radius 2 is 1.61 bits per heavy atom. The van der Waals surface area contributed by atoms with Crippen LogP contribution in [0.2, 0.25) is 0 Å². The van der Waals surface area contributed by atoms with Crippen molar-refractivity contribution in [1.29, 1.82) is 5.26 Å². The summed E-state index contributed by atoms with van der Waals surface area (Å²) < 4.78 is 58.5. The Bertz CT molecular complexity index is 1020. The maximum Gasteiger partial charge on any atom is 0.426 e. The van der Waals surface area contributed by atoms with Crippen LogP contribution in [0.15, 0.2) is 42.5 Å². The molecule has 0 amide bonds. The average molecular weight is 469 g/mol. The number of hydrogen-bond donors (Lipinski definition) is 4. The Hall–Kier alpha value is -2.55. The molecule has 1 heterocycles. The maximum absolute atomic E-state index is 14.2. The summed E-state index contributed by atoms with van der Waals surface area (Å²) in [6.45, 7) is -0.151. The number of ether oxygens (including phenoxy) is 1. The van der Waals surface area contributed by atoms with Crippen molar-refractivity contribution in [2.24, 2.45) is 0 Å². The molecular formula is C23H23F4NO5. The van der Waals surface area contributed by atoms with E-state index in [1.54, 1.807) is 0 Å². The molecule has 0 bridgehead atoms. The lowest BCUT2D eigenvalue weighted by atomic mass is 9.88. The van der Waals surface area contributed by atoms with Crippen LogP contribution in [0.25, 0.3) is 0 Å². The first kappa shape index (κ1) is 25.1. The molecule has 2 aromatic rings. The fourth-order valence-electron chi connectivity index (χ4n) is 3.74. The average Bonchev–Trinajstić information content (AvgIpc) is 2.77. The van der Waals surface area contributed by atoms with Gasteiger partial charge >= 0.3 is 6.18 Å². The van der Waals surface area contributed by atoms with Gasteiger partial charge in [-0.15, -0.1) is 0 Å². The molecule has 2 aromatic carbocycles. The quantitative estimate of drug-likeness (QED) is 0.501. The van der Waals surface area contributed by atoms with E-state index in [4.69, 9.17) is 4.74 Å². The van der Waals surface area contributed by atoms with Crippen molar-refractivity contribution in [2.75, 3.05) is 6.61 Å². The third-order valence-corrected chi connectivity index (χ3v) is 5.89. The minimum absolute atomic E-state index is 0.115. The summed E-state index contributed by atoms with van der Waals surface area (Å²) in [6, 6.07) is 11.2. The minimum Gasteiger partial charge on any atom is -0.394 e. The van der Waals surface area contributed by atoms with Crippen LogP contribution >= 0.6 is 0 Å². The molecule has 3 rings (SSSR count). The minimum atomic E-state index is -5.07. The molecule has 4 N–H and O–H groups in total. The zero-order chi connectivity index (χ0) is 24.6. The lowest BCUT2D eigenvalue weighted by molar-refractivity contribution is -0.231. The van der Waals surface area contributed by atoms with Crippen LogP contribution in [-0.2, 0) is 16.8 Å². The Kier molecular flexibility index (Phi) is 7.12. The molecule has 33 heavy (non-hydrogen) atoms. The molecule has 178 valence electrons. The van der Waals surface area contributed by atoms with Gasteiger partial charge in [-0.2, -0.15) is 18.4 Å². The van der Waals surface area contributed by atoms with Gasteiger partial charge in [0.1, 0.15) is 30.5 Å². The summed E-state index contributed by atoms with van der Waals surface area (Å²) in [5.74, 6) is 0. The van der Waals surface area contributed by atoms with Gasteiger partial charge in [-0.3, -0.25) is 0 Å². The lowest BCUT2D eigenvalue weighted by Crippen LogP contribution is -2.55. The third-order valence-electron chi connectivity index (χ3n) is 5.89. The van der Waals surface area contributed by atoms with Gasteiger partial charge in [-0.05, 0) is 41.7 Å². The monoisotopic (exact) mass is 469 g/mol. The van der Waals surface area contributed by atoms with Crippen LogP contribution < -0.4 is 0 Å². The van der Waals surface area contributed by atoms with Crippen LogP contribution in [0.4, 0.5) is 17.6 Å². The van der Waals surface area contributed by atoms with Crippen LogP contribution in [0.5, 0.6) is 0 Å². The molecule has 6 nitrogen and oxygen atoms in total. The second-order valence-electron chi connectivity index (χ2n) is 8.15. The summed E-state index contributed by atoms with van der Waals surface area (Å²) in [4.78, 5) is 0. The fraction of sp³-hybridized carbons (Fsp3) is 0.435. The summed E-state index contributed by atoms with van der Waals surface area (Å²) >= 11 is 0. The van der Waals surface area contributed by atoms with E-state index in [2.05, 4.69) is 0 Å². The molecule has 1 fully saturated rings. The number of halogens is 4. The first-order chi connectivity index (χ1) is 15.4. The molecular weight excluding hydrogens is 446 g/mol. The highest BCUT2D eigenvalue weighted by atomic mass is 19.4. The molecule has 1 aliphatic heterocycles. The van der Waals surface area contributed by atoms with E-state index in [1.165, 1.54) is 30.3 Å². The summed E-state index contributed by atoms with van der Waals surface area (Å²) in [5.41, 5.74) is -2.46. The molecule has 1 aliphatic rings. The summed E-state index contributed by atoms with van der Waals surface area (Å²) in [6.07, 6.45) is -11.8. The highest BCUT2D eigenvalue weighted by molar-refractivity contribution is 5.44. The van der Waals surface area contributed by atoms with Gasteiger partial charge in [0, 0.05) is 0 Å². The van der Waals surface area contributed by atoms with Crippen LogP contribution in [0.3, 0.4) is 0 Å². The molecule has 1 saturated heterocycles. The van der Waals surface area contributed by atoms with Crippen LogP contribution in [0.1, 0.15) is 40.8 Å². The van der Waals surface area contributed by atoms with Crippen LogP contribution in [-0.4, -0.2) is 57.6 Å². The van der Waals surface area contributed by atoms with Crippen LogP contribution in [0, 0.1) is 11.3 Å². The fourth-order valence-corrected chi connectivity index (χ4v) is 3.74. The zero-order valence-electron chi connectivity index (χ0n) is 17.5. The SMILES string of the molecule is CC(F)(c1ccc(Cc2cc([C@@H]3O[C@H](CO)[C@@H](O)[C@H](O)[C@H]3O)ccc2C#N)cc1)C(F)(F)F. The highest BCUT2D eigenvalue weighted by Crippen LogP contribution is 2.42. The van der Waals surface area contributed by atoms with Gasteiger partial charge in [-0.1, -0.05) is 36.4 Å². The molecule has 0 radical (unpaired) electrons. The van der Waals surface area contributed by atoms with E-state index in [0.717, 1.165) is 12.1 Å². The van der Waals surface area contributed by atoms with Crippen molar-refractivity contribution in [3.05, 3.63) is 70.3 Å². The number of nitriles is 1. The third kappa shape index (κ3) is 4.88. The number of alkyl halides is 4. The number of aliphatic hydroxyl groups is 4. The molecule has 1 unspecified atom stereocenters. The van der Waals surface area contributed by atoms with Gasteiger partial charge in [0.2, 0.25) is 5.67 Å². The molecule has 0 aliphatic carbocycles. The number of rotatable bonds is 5. The van der Waals surface area contributed by atoms with E-state index in [0.29, 0.717) is 23.6 Å². The summed E-state index contributed by atoms with van der Waals surface area (Å²) in [5, 5.41) is 49.1. The van der Waals surface area contributed by atoms with Crippen molar-refractivity contribution in [1.82, 2.24) is 0 Å². The number of hydrogen-bond acceptors (Lipinski definition) is 6. The normalized spacial score (nSPS) is 27.6. The van der Waals surface area contributed by atoms with Gasteiger partial charge in [-0.25, -0.2) is 4.39 Å². The first-order valence-electron chi connectivity index (χ1n) is 10.1. The second kappa shape index (κ2) is 9.37. The number of nitrogens with zero attached hydrogens (tertiary/aromatic N) is 1. The zero-order valence-corrected chi connectivity index (χ0v) is 17.5. The Morgan fingerprint density at radius 3 is 2.15 bits per heavy atom. The maximum atomic E-state index is 14.2. The van der Waals surface area contributed by atoms with E-state index in [-0.39, 0.29) is 12.0 Å². The Labute approximate surface area is 187 Å². The van der Waals surface area contributed by atoms with Crippen molar-refractivity contribution in [2.45, 2.75) is 55.7 Å². The van der Waals surface area contributed by atoms with E-state index < -0.39 is 54.5 Å². The predicted octanol–water partition coefficient (Wildman–Crippen LogP) is 2.41. The Balaban J connectivity index is 1.89. The topological polar surface area (TPSA) is 114 Å². The summed E-state index contributed by atoms with van der Waals surface area (Å²) in [7, 11) is 0. The highest BCUT2D eigenvalue weighted by Gasteiger charge is 2.53. The van der Waals surface area contributed by atoms with E-state index in [1.807, 2.05) is 6.07 Å². The predicted molar refractivity (Wildman–Crippen MR) is 108 cm³/mol. The lowest BCUT2D eigenvalue weighted by Gasteiger charge is -2.40. The molecule has 6 atom stereocenters. The van der Waals surface area contributed by atoms with Gasteiger partial charge in [0.05, 0.1) is 18.2 Å². The van der Waals surface area contributed by atoms with E-state index in [9.17, 15) is 43.2 Å². The first-order valence-corrected chi connectivity index (χ1v) is 10.1. The van der Waals surface area contributed by atoms with Crippen molar-refractivity contribution in [3.8, 4) is 6.07 Å². The smallest absolute Gasteiger partial charge is 0.394 e. The molecule has 10 heteroatoms. The molecule has 0 aromatic heterocycles. The largest absolute Gasteiger partial charge is 0.426 e.